The Morgan fingerprint density at radius 3 is 2.48 bits per heavy atom. The second kappa shape index (κ2) is 7.66. The van der Waals surface area contributed by atoms with Crippen molar-refractivity contribution in [3.05, 3.63) is 57.2 Å². The molecule has 0 radical (unpaired) electrons. The normalized spacial score (nSPS) is 12.0. The quantitative estimate of drug-likeness (QED) is 0.755. The average molecular weight is 397 g/mol. The highest BCUT2D eigenvalue weighted by Gasteiger charge is 2.12. The highest BCUT2D eigenvalue weighted by molar-refractivity contribution is 14.1. The molecule has 2 N–H and O–H groups in total. The Balaban J connectivity index is 2.18. The van der Waals surface area contributed by atoms with Gasteiger partial charge in [-0.25, -0.2) is 0 Å². The van der Waals surface area contributed by atoms with Gasteiger partial charge in [0.15, 0.2) is 11.5 Å². The first-order chi connectivity index (χ1) is 10.1. The Morgan fingerprint density at radius 1 is 1.14 bits per heavy atom. The van der Waals surface area contributed by atoms with Crippen molar-refractivity contribution in [2.24, 2.45) is 5.73 Å². The van der Waals surface area contributed by atoms with E-state index in [4.69, 9.17) is 15.2 Å². The van der Waals surface area contributed by atoms with Gasteiger partial charge in [0.05, 0.1) is 7.11 Å². The Morgan fingerprint density at radius 2 is 1.86 bits per heavy atom. The first-order valence-corrected chi connectivity index (χ1v) is 7.96. The SMILES string of the molecule is COc1cccc(CC(C)N)c1OCc1ccc(I)cc1. The van der Waals surface area contributed by atoms with E-state index in [0.717, 1.165) is 29.0 Å². The summed E-state index contributed by atoms with van der Waals surface area (Å²) in [5.41, 5.74) is 8.12. The van der Waals surface area contributed by atoms with Gasteiger partial charge in [-0.3, -0.25) is 0 Å². The average Bonchev–Trinajstić information content (AvgIpc) is 2.46. The Bertz CT molecular complexity index is 582. The Hall–Kier alpha value is -1.27. The van der Waals surface area contributed by atoms with Crippen molar-refractivity contribution >= 4 is 22.6 Å². The lowest BCUT2D eigenvalue weighted by molar-refractivity contribution is 0.281. The van der Waals surface area contributed by atoms with Crippen molar-refractivity contribution in [1.82, 2.24) is 0 Å². The zero-order chi connectivity index (χ0) is 15.2. The molecule has 0 spiro atoms. The second-order valence-electron chi connectivity index (χ2n) is 5.05. The van der Waals surface area contributed by atoms with Gasteiger partial charge in [-0.05, 0) is 65.3 Å². The predicted molar refractivity (Wildman–Crippen MR) is 93.8 cm³/mol. The molecule has 0 saturated carbocycles. The van der Waals surface area contributed by atoms with Crippen molar-refractivity contribution < 1.29 is 9.47 Å². The van der Waals surface area contributed by atoms with Crippen LogP contribution in [-0.2, 0) is 13.0 Å². The summed E-state index contributed by atoms with van der Waals surface area (Å²) in [6.45, 7) is 2.51. The number of halogens is 1. The van der Waals surface area contributed by atoms with Crippen LogP contribution in [0.1, 0.15) is 18.1 Å². The number of benzene rings is 2. The lowest BCUT2D eigenvalue weighted by Crippen LogP contribution is -2.18. The van der Waals surface area contributed by atoms with E-state index in [1.165, 1.54) is 3.57 Å². The zero-order valence-electron chi connectivity index (χ0n) is 12.3. The van der Waals surface area contributed by atoms with Crippen molar-refractivity contribution in [2.75, 3.05) is 7.11 Å². The van der Waals surface area contributed by atoms with Gasteiger partial charge >= 0.3 is 0 Å². The van der Waals surface area contributed by atoms with E-state index in [-0.39, 0.29) is 6.04 Å². The number of rotatable bonds is 6. The summed E-state index contributed by atoms with van der Waals surface area (Å²) >= 11 is 2.29. The molecule has 21 heavy (non-hydrogen) atoms. The molecule has 1 atom stereocenters. The van der Waals surface area contributed by atoms with Crippen LogP contribution in [0.15, 0.2) is 42.5 Å². The summed E-state index contributed by atoms with van der Waals surface area (Å²) in [4.78, 5) is 0. The molecule has 0 aliphatic rings. The Kier molecular flexibility index (Phi) is 5.87. The summed E-state index contributed by atoms with van der Waals surface area (Å²) in [6.07, 6.45) is 0.763. The van der Waals surface area contributed by atoms with Crippen LogP contribution in [0.5, 0.6) is 11.5 Å². The maximum Gasteiger partial charge on any atom is 0.164 e. The van der Waals surface area contributed by atoms with Crippen LogP contribution in [0.3, 0.4) is 0 Å². The van der Waals surface area contributed by atoms with Gasteiger partial charge < -0.3 is 15.2 Å². The molecule has 0 saturated heterocycles. The lowest BCUT2D eigenvalue weighted by Gasteiger charge is -2.16. The fourth-order valence-corrected chi connectivity index (χ4v) is 2.49. The van der Waals surface area contributed by atoms with E-state index >= 15 is 0 Å². The fourth-order valence-electron chi connectivity index (χ4n) is 2.13. The van der Waals surface area contributed by atoms with E-state index in [0.29, 0.717) is 6.61 Å². The highest BCUT2D eigenvalue weighted by atomic mass is 127. The molecule has 0 fully saturated rings. The summed E-state index contributed by atoms with van der Waals surface area (Å²) in [5, 5.41) is 0. The van der Waals surface area contributed by atoms with Crippen LogP contribution >= 0.6 is 22.6 Å². The topological polar surface area (TPSA) is 44.5 Å². The first kappa shape index (κ1) is 16.1. The molecule has 3 nitrogen and oxygen atoms in total. The summed E-state index contributed by atoms with van der Waals surface area (Å²) < 4.78 is 12.6. The minimum Gasteiger partial charge on any atom is -0.493 e. The van der Waals surface area contributed by atoms with Crippen molar-refractivity contribution in [3.63, 3.8) is 0 Å². The van der Waals surface area contributed by atoms with Crippen LogP contribution in [0.2, 0.25) is 0 Å². The molecule has 2 rings (SSSR count). The van der Waals surface area contributed by atoms with Crippen LogP contribution < -0.4 is 15.2 Å². The minimum absolute atomic E-state index is 0.0813. The van der Waals surface area contributed by atoms with Gasteiger partial charge in [0.2, 0.25) is 0 Å². The van der Waals surface area contributed by atoms with E-state index in [2.05, 4.69) is 46.9 Å². The molecular weight excluding hydrogens is 377 g/mol. The van der Waals surface area contributed by atoms with Gasteiger partial charge in [-0.15, -0.1) is 0 Å². The van der Waals surface area contributed by atoms with Crippen molar-refractivity contribution in [2.45, 2.75) is 26.0 Å². The number of hydrogen-bond acceptors (Lipinski definition) is 3. The van der Waals surface area contributed by atoms with Crippen molar-refractivity contribution in [1.29, 1.82) is 0 Å². The third-order valence-electron chi connectivity index (χ3n) is 3.12. The van der Waals surface area contributed by atoms with Gasteiger partial charge in [0, 0.05) is 9.61 Å². The molecule has 0 aliphatic heterocycles. The summed E-state index contributed by atoms with van der Waals surface area (Å²) in [7, 11) is 1.66. The third kappa shape index (κ3) is 4.61. The molecule has 2 aromatic rings. The maximum atomic E-state index is 6.00. The van der Waals surface area contributed by atoms with Gasteiger partial charge in [0.1, 0.15) is 6.61 Å². The van der Waals surface area contributed by atoms with Gasteiger partial charge in [0.25, 0.3) is 0 Å². The highest BCUT2D eigenvalue weighted by Crippen LogP contribution is 2.32. The largest absolute Gasteiger partial charge is 0.493 e. The number of methoxy groups -OCH3 is 1. The van der Waals surface area contributed by atoms with Gasteiger partial charge in [-0.2, -0.15) is 0 Å². The van der Waals surface area contributed by atoms with Crippen LogP contribution in [0.25, 0.3) is 0 Å². The second-order valence-corrected chi connectivity index (χ2v) is 6.29. The molecule has 1 unspecified atom stereocenters. The number of hydrogen-bond donors (Lipinski definition) is 1. The van der Waals surface area contributed by atoms with Crippen LogP contribution in [0, 0.1) is 3.57 Å². The smallest absolute Gasteiger partial charge is 0.164 e. The predicted octanol–water partition coefficient (Wildman–Crippen LogP) is 3.77. The molecule has 0 aliphatic carbocycles. The minimum atomic E-state index is 0.0813. The lowest BCUT2D eigenvalue weighted by atomic mass is 10.1. The van der Waals surface area contributed by atoms with Crippen LogP contribution in [-0.4, -0.2) is 13.2 Å². The maximum absolute atomic E-state index is 6.00. The molecule has 2 aromatic carbocycles. The summed E-state index contributed by atoms with van der Waals surface area (Å²) in [5.74, 6) is 1.54. The number of para-hydroxylation sites is 1. The van der Waals surface area contributed by atoms with E-state index in [9.17, 15) is 0 Å². The molecule has 4 heteroatoms. The molecule has 0 aromatic heterocycles. The zero-order valence-corrected chi connectivity index (χ0v) is 14.5. The number of nitrogens with two attached hydrogens (primary N) is 1. The fraction of sp³-hybridized carbons (Fsp3) is 0.294. The Labute approximate surface area is 139 Å². The number of ether oxygens (including phenoxy) is 2. The molecule has 0 heterocycles. The third-order valence-corrected chi connectivity index (χ3v) is 3.84. The van der Waals surface area contributed by atoms with Crippen LogP contribution in [0.4, 0.5) is 0 Å². The molecule has 112 valence electrons. The first-order valence-electron chi connectivity index (χ1n) is 6.89. The summed E-state index contributed by atoms with van der Waals surface area (Å²) in [6, 6.07) is 14.3. The van der Waals surface area contributed by atoms with E-state index in [1.54, 1.807) is 7.11 Å². The van der Waals surface area contributed by atoms with E-state index < -0.39 is 0 Å². The van der Waals surface area contributed by atoms with E-state index in [1.807, 2.05) is 25.1 Å². The molecule has 0 amide bonds. The molecular formula is C17H20INO2. The van der Waals surface area contributed by atoms with Gasteiger partial charge in [-0.1, -0.05) is 24.3 Å². The monoisotopic (exact) mass is 397 g/mol. The molecule has 0 bridgehead atoms. The van der Waals surface area contributed by atoms with Crippen molar-refractivity contribution in [3.8, 4) is 11.5 Å². The standard InChI is InChI=1S/C17H20INO2/c1-12(19)10-14-4-3-5-16(20-2)17(14)21-11-13-6-8-15(18)9-7-13/h3-9,12H,10-11,19H2,1-2H3.